The molecule has 0 radical (unpaired) electrons. The Morgan fingerprint density at radius 1 is 1.60 bits per heavy atom. The number of carbonyl (C=O) groups excluding carboxylic acids is 1. The van der Waals surface area contributed by atoms with Gasteiger partial charge in [-0.3, -0.25) is 4.79 Å². The Hall–Kier alpha value is -1.42. The molecule has 1 atom stereocenters. The minimum absolute atomic E-state index is 0.139. The largest absolute Gasteiger partial charge is 0.394 e. The number of aryl methyl sites for hydroxylation is 1. The first-order chi connectivity index (χ1) is 7.04. The Labute approximate surface area is 87.9 Å². The van der Waals surface area contributed by atoms with E-state index in [1.807, 2.05) is 0 Å². The third kappa shape index (κ3) is 3.02. The standard InChI is InChI=1S/C11H14FNO2/c1-7-3-4-9(5-10(7)12)11(15)13-8(2)6-14/h3-5,8,14H,6H2,1-2H3,(H,13,15). The van der Waals surface area contributed by atoms with Crippen LogP contribution in [0.1, 0.15) is 22.8 Å². The van der Waals surface area contributed by atoms with Crippen molar-refractivity contribution >= 4 is 5.91 Å². The first kappa shape index (κ1) is 11.7. The second kappa shape index (κ2) is 4.89. The van der Waals surface area contributed by atoms with Crippen LogP contribution in [0.25, 0.3) is 0 Å². The molecule has 1 aromatic carbocycles. The van der Waals surface area contributed by atoms with Gasteiger partial charge in [-0.15, -0.1) is 0 Å². The monoisotopic (exact) mass is 211 g/mol. The molecule has 0 fully saturated rings. The summed E-state index contributed by atoms with van der Waals surface area (Å²) >= 11 is 0. The maximum absolute atomic E-state index is 13.1. The summed E-state index contributed by atoms with van der Waals surface area (Å²) in [6.07, 6.45) is 0. The van der Waals surface area contributed by atoms with Gasteiger partial charge in [0.1, 0.15) is 5.82 Å². The van der Waals surface area contributed by atoms with Crippen LogP contribution in [0.4, 0.5) is 4.39 Å². The molecule has 82 valence electrons. The average Bonchev–Trinajstić information content (AvgIpc) is 2.21. The highest BCUT2D eigenvalue weighted by Crippen LogP contribution is 2.09. The summed E-state index contributed by atoms with van der Waals surface area (Å²) in [6.45, 7) is 3.16. The second-order valence-electron chi connectivity index (χ2n) is 3.52. The molecular formula is C11H14FNO2. The van der Waals surface area contributed by atoms with Crippen LogP contribution in [0.2, 0.25) is 0 Å². The van der Waals surface area contributed by atoms with Crippen molar-refractivity contribution in [3.8, 4) is 0 Å². The predicted octanol–water partition coefficient (Wildman–Crippen LogP) is 1.24. The lowest BCUT2D eigenvalue weighted by molar-refractivity contribution is 0.0922. The second-order valence-corrected chi connectivity index (χ2v) is 3.52. The lowest BCUT2D eigenvalue weighted by Crippen LogP contribution is -2.35. The molecule has 15 heavy (non-hydrogen) atoms. The summed E-state index contributed by atoms with van der Waals surface area (Å²) in [4.78, 5) is 11.5. The van der Waals surface area contributed by atoms with E-state index in [0.717, 1.165) is 0 Å². The van der Waals surface area contributed by atoms with Gasteiger partial charge in [-0.2, -0.15) is 0 Å². The number of benzene rings is 1. The van der Waals surface area contributed by atoms with Crippen molar-refractivity contribution < 1.29 is 14.3 Å². The third-order valence-electron chi connectivity index (χ3n) is 2.09. The van der Waals surface area contributed by atoms with Crippen LogP contribution in [0.5, 0.6) is 0 Å². The number of nitrogens with one attached hydrogen (secondary N) is 1. The number of carbonyl (C=O) groups is 1. The summed E-state index contributed by atoms with van der Waals surface area (Å²) in [6, 6.07) is 3.96. The van der Waals surface area contributed by atoms with Crippen molar-refractivity contribution in [2.24, 2.45) is 0 Å². The van der Waals surface area contributed by atoms with Crippen LogP contribution in [-0.2, 0) is 0 Å². The van der Waals surface area contributed by atoms with Gasteiger partial charge in [-0.1, -0.05) is 6.07 Å². The van der Waals surface area contributed by atoms with E-state index in [9.17, 15) is 9.18 Å². The van der Waals surface area contributed by atoms with Crippen molar-refractivity contribution in [1.82, 2.24) is 5.32 Å². The first-order valence-electron chi connectivity index (χ1n) is 4.72. The van der Waals surface area contributed by atoms with Crippen molar-refractivity contribution in [1.29, 1.82) is 0 Å². The van der Waals surface area contributed by atoms with Crippen molar-refractivity contribution in [3.63, 3.8) is 0 Å². The molecule has 0 saturated heterocycles. The predicted molar refractivity (Wildman–Crippen MR) is 55.2 cm³/mol. The molecule has 1 unspecified atom stereocenters. The van der Waals surface area contributed by atoms with Gasteiger partial charge in [0, 0.05) is 11.6 Å². The van der Waals surface area contributed by atoms with E-state index >= 15 is 0 Å². The van der Waals surface area contributed by atoms with Gasteiger partial charge in [0.15, 0.2) is 0 Å². The average molecular weight is 211 g/mol. The topological polar surface area (TPSA) is 49.3 Å². The Morgan fingerprint density at radius 2 is 2.27 bits per heavy atom. The molecule has 0 aliphatic rings. The van der Waals surface area contributed by atoms with E-state index in [2.05, 4.69) is 5.32 Å². The molecule has 0 aliphatic carbocycles. The van der Waals surface area contributed by atoms with E-state index in [4.69, 9.17) is 5.11 Å². The van der Waals surface area contributed by atoms with Gasteiger partial charge in [-0.05, 0) is 31.5 Å². The van der Waals surface area contributed by atoms with Gasteiger partial charge in [0.2, 0.25) is 0 Å². The maximum atomic E-state index is 13.1. The fourth-order valence-electron chi connectivity index (χ4n) is 1.09. The van der Waals surface area contributed by atoms with Crippen molar-refractivity contribution in [3.05, 3.63) is 35.1 Å². The third-order valence-corrected chi connectivity index (χ3v) is 2.09. The number of aliphatic hydroxyl groups excluding tert-OH is 1. The minimum atomic E-state index is -0.403. The Morgan fingerprint density at radius 3 is 2.80 bits per heavy atom. The SMILES string of the molecule is Cc1ccc(C(=O)NC(C)CO)cc1F. The van der Waals surface area contributed by atoms with Crippen LogP contribution in [0, 0.1) is 12.7 Å². The molecule has 2 N–H and O–H groups in total. The molecule has 0 bridgehead atoms. The fraction of sp³-hybridized carbons (Fsp3) is 0.364. The Bertz CT molecular complexity index is 366. The Kier molecular flexibility index (Phi) is 3.80. The lowest BCUT2D eigenvalue weighted by atomic mass is 10.1. The van der Waals surface area contributed by atoms with Crippen LogP contribution in [0.15, 0.2) is 18.2 Å². The molecule has 1 amide bonds. The number of rotatable bonds is 3. The minimum Gasteiger partial charge on any atom is -0.394 e. The van der Waals surface area contributed by atoms with Gasteiger partial charge in [-0.25, -0.2) is 4.39 Å². The molecular weight excluding hydrogens is 197 g/mol. The molecule has 4 heteroatoms. The van der Waals surface area contributed by atoms with E-state index in [1.165, 1.54) is 6.07 Å². The van der Waals surface area contributed by atoms with E-state index in [1.54, 1.807) is 26.0 Å². The van der Waals surface area contributed by atoms with Crippen LogP contribution in [-0.4, -0.2) is 23.7 Å². The lowest BCUT2D eigenvalue weighted by Gasteiger charge is -2.10. The van der Waals surface area contributed by atoms with Crippen LogP contribution in [0.3, 0.4) is 0 Å². The number of amides is 1. The van der Waals surface area contributed by atoms with Gasteiger partial charge in [0.05, 0.1) is 6.61 Å². The smallest absolute Gasteiger partial charge is 0.251 e. The fourth-order valence-corrected chi connectivity index (χ4v) is 1.09. The number of hydrogen-bond acceptors (Lipinski definition) is 2. The number of hydrogen-bond donors (Lipinski definition) is 2. The molecule has 0 aliphatic heterocycles. The zero-order valence-corrected chi connectivity index (χ0v) is 8.75. The van der Waals surface area contributed by atoms with Crippen LogP contribution >= 0.6 is 0 Å². The molecule has 1 aromatic rings. The van der Waals surface area contributed by atoms with E-state index < -0.39 is 5.82 Å². The van der Waals surface area contributed by atoms with Crippen molar-refractivity contribution in [2.45, 2.75) is 19.9 Å². The summed E-state index contributed by atoms with van der Waals surface area (Å²) in [5.74, 6) is -0.783. The highest BCUT2D eigenvalue weighted by Gasteiger charge is 2.10. The quantitative estimate of drug-likeness (QED) is 0.790. The maximum Gasteiger partial charge on any atom is 0.251 e. The normalized spacial score (nSPS) is 12.3. The molecule has 0 saturated carbocycles. The summed E-state index contributed by atoms with van der Waals surface area (Å²) in [7, 11) is 0. The molecule has 0 aromatic heterocycles. The Balaban J connectivity index is 2.78. The highest BCUT2D eigenvalue weighted by atomic mass is 19.1. The van der Waals surface area contributed by atoms with Crippen LogP contribution < -0.4 is 5.32 Å². The first-order valence-corrected chi connectivity index (χ1v) is 4.72. The summed E-state index contributed by atoms with van der Waals surface area (Å²) in [5, 5.41) is 11.3. The van der Waals surface area contributed by atoms with Gasteiger partial charge >= 0.3 is 0 Å². The number of aliphatic hydroxyl groups is 1. The number of halogens is 1. The van der Waals surface area contributed by atoms with E-state index in [0.29, 0.717) is 5.56 Å². The highest BCUT2D eigenvalue weighted by molar-refractivity contribution is 5.94. The summed E-state index contributed by atoms with van der Waals surface area (Å²) < 4.78 is 13.1. The summed E-state index contributed by atoms with van der Waals surface area (Å²) in [5.41, 5.74) is 0.764. The van der Waals surface area contributed by atoms with Gasteiger partial charge < -0.3 is 10.4 Å². The molecule has 1 rings (SSSR count). The molecule has 3 nitrogen and oxygen atoms in total. The molecule has 0 heterocycles. The van der Waals surface area contributed by atoms with E-state index in [-0.39, 0.29) is 24.1 Å². The molecule has 0 spiro atoms. The van der Waals surface area contributed by atoms with Crippen molar-refractivity contribution in [2.75, 3.05) is 6.61 Å². The zero-order chi connectivity index (χ0) is 11.4. The zero-order valence-electron chi connectivity index (χ0n) is 8.75. The van der Waals surface area contributed by atoms with Gasteiger partial charge in [0.25, 0.3) is 5.91 Å².